The van der Waals surface area contributed by atoms with Gasteiger partial charge in [-0.1, -0.05) is 6.07 Å². The molecule has 10 heteroatoms. The minimum Gasteiger partial charge on any atom is -0.363 e. The summed E-state index contributed by atoms with van der Waals surface area (Å²) in [6.07, 6.45) is 0. The molecule has 3 rings (SSSR count). The molecule has 8 nitrogen and oxygen atoms in total. The van der Waals surface area contributed by atoms with Crippen LogP contribution in [0.3, 0.4) is 0 Å². The topological polar surface area (TPSA) is 91.6 Å². The Morgan fingerprint density at radius 1 is 1.36 bits per heavy atom. The van der Waals surface area contributed by atoms with Crippen LogP contribution in [0.4, 0.5) is 21.3 Å². The molecule has 2 heterocycles. The van der Waals surface area contributed by atoms with Gasteiger partial charge >= 0.3 is 0 Å². The van der Waals surface area contributed by atoms with Crippen LogP contribution in [0.25, 0.3) is 11.3 Å². The van der Waals surface area contributed by atoms with E-state index in [1.54, 1.807) is 40.1 Å². The van der Waals surface area contributed by atoms with E-state index in [2.05, 4.69) is 15.2 Å². The summed E-state index contributed by atoms with van der Waals surface area (Å²) in [5, 5.41) is 16.4. The molecular weight excluding hydrogens is 457 g/mol. The van der Waals surface area contributed by atoms with Crippen molar-refractivity contribution in [1.82, 2.24) is 9.88 Å². The number of carbonyl (C=O) groups excluding carboxylic acids is 1. The van der Waals surface area contributed by atoms with Gasteiger partial charge in [0, 0.05) is 65.8 Å². The molecular formula is C15H16IN5O3S. The lowest BCUT2D eigenvalue weighted by Crippen LogP contribution is -2.44. The minimum atomic E-state index is -0.350. The highest BCUT2D eigenvalue weighted by Crippen LogP contribution is 2.34. The first-order valence-corrected chi connectivity index (χ1v) is 9.54. The second-order valence-electron chi connectivity index (χ2n) is 5.69. The fourth-order valence-electron chi connectivity index (χ4n) is 2.69. The van der Waals surface area contributed by atoms with E-state index in [1.165, 1.54) is 11.3 Å². The normalized spacial score (nSPS) is 15.2. The average molecular weight is 473 g/mol. The predicted octanol–water partition coefficient (Wildman–Crippen LogP) is 3.44. The van der Waals surface area contributed by atoms with E-state index < -0.39 is 0 Å². The number of piperazine rings is 1. The number of hydrogen-bond donors (Lipinski definition) is 1. The standard InChI is InChI=1S/C15H16IN5O3S/c1-19-4-6-20(7-5-19)12-3-2-10(8-13(12)21(23)24)11-9-25-15(17-11)18-14(16)22/h2-3,8-9H,4-7H2,1H3,(H,17,18,22). The van der Waals surface area contributed by atoms with Gasteiger partial charge in [-0.05, 0) is 13.1 Å². The number of nitrogens with zero attached hydrogens (tertiary/aromatic N) is 4. The van der Waals surface area contributed by atoms with Crippen molar-refractivity contribution in [2.24, 2.45) is 0 Å². The predicted molar refractivity (Wildman–Crippen MR) is 107 cm³/mol. The Morgan fingerprint density at radius 3 is 2.72 bits per heavy atom. The van der Waals surface area contributed by atoms with Crippen molar-refractivity contribution in [2.75, 3.05) is 43.4 Å². The summed E-state index contributed by atoms with van der Waals surface area (Å²) in [5.41, 5.74) is 1.99. The van der Waals surface area contributed by atoms with Crippen LogP contribution in [0.15, 0.2) is 23.6 Å². The van der Waals surface area contributed by atoms with Crippen molar-refractivity contribution in [3.63, 3.8) is 0 Å². The number of carbonyl (C=O) groups is 1. The zero-order chi connectivity index (χ0) is 18.0. The second-order valence-corrected chi connectivity index (χ2v) is 7.53. The van der Waals surface area contributed by atoms with E-state index in [9.17, 15) is 14.9 Å². The monoisotopic (exact) mass is 473 g/mol. The van der Waals surface area contributed by atoms with Gasteiger partial charge in [0.25, 0.3) is 9.60 Å². The number of amides is 1. The van der Waals surface area contributed by atoms with Crippen LogP contribution in [0.2, 0.25) is 0 Å². The maximum Gasteiger partial charge on any atom is 0.293 e. The van der Waals surface area contributed by atoms with Gasteiger partial charge < -0.3 is 9.80 Å². The Kier molecular flexibility index (Phi) is 5.49. The molecule has 0 spiro atoms. The number of nitro groups is 1. The lowest BCUT2D eigenvalue weighted by atomic mass is 10.1. The molecule has 25 heavy (non-hydrogen) atoms. The Bertz CT molecular complexity index is 804. The van der Waals surface area contributed by atoms with Crippen LogP contribution in [-0.4, -0.2) is 51.9 Å². The summed E-state index contributed by atoms with van der Waals surface area (Å²) in [7, 11) is 2.04. The zero-order valence-corrected chi connectivity index (χ0v) is 16.4. The van der Waals surface area contributed by atoms with Crippen LogP contribution < -0.4 is 10.2 Å². The van der Waals surface area contributed by atoms with E-state index in [0.29, 0.717) is 22.1 Å². The fourth-order valence-corrected chi connectivity index (χ4v) is 3.84. The SMILES string of the molecule is CN1CCN(c2ccc(-c3csc(NC(=O)I)n3)cc2[N+](=O)[O-])CC1. The van der Waals surface area contributed by atoms with E-state index in [-0.39, 0.29) is 14.5 Å². The number of nitro benzene ring substituents is 1. The molecule has 132 valence electrons. The summed E-state index contributed by atoms with van der Waals surface area (Å²) in [4.78, 5) is 30.9. The Morgan fingerprint density at radius 2 is 2.08 bits per heavy atom. The lowest BCUT2D eigenvalue weighted by Gasteiger charge is -2.33. The summed E-state index contributed by atoms with van der Waals surface area (Å²) < 4.78 is -0.227. The van der Waals surface area contributed by atoms with E-state index in [0.717, 1.165) is 26.2 Å². The molecule has 0 saturated carbocycles. The van der Waals surface area contributed by atoms with Gasteiger partial charge in [0.2, 0.25) is 0 Å². The van der Waals surface area contributed by atoms with Gasteiger partial charge in [-0.2, -0.15) is 0 Å². The first-order chi connectivity index (χ1) is 11.9. The van der Waals surface area contributed by atoms with Gasteiger partial charge in [0.05, 0.1) is 10.6 Å². The molecule has 0 bridgehead atoms. The lowest BCUT2D eigenvalue weighted by molar-refractivity contribution is -0.384. The number of aromatic nitrogens is 1. The molecule has 1 aliphatic rings. The molecule has 1 aromatic heterocycles. The Balaban J connectivity index is 1.90. The third-order valence-corrected chi connectivity index (χ3v) is 5.05. The molecule has 1 amide bonds. The highest BCUT2D eigenvalue weighted by Gasteiger charge is 2.23. The van der Waals surface area contributed by atoms with Gasteiger partial charge in [0.1, 0.15) is 5.69 Å². The Labute approximate surface area is 162 Å². The van der Waals surface area contributed by atoms with E-state index >= 15 is 0 Å². The summed E-state index contributed by atoms with van der Waals surface area (Å²) >= 11 is 2.92. The summed E-state index contributed by atoms with van der Waals surface area (Å²) in [6, 6.07) is 5.18. The number of anilines is 2. The van der Waals surface area contributed by atoms with Crippen molar-refractivity contribution in [1.29, 1.82) is 0 Å². The molecule has 0 aliphatic carbocycles. The smallest absolute Gasteiger partial charge is 0.293 e. The first kappa shape index (κ1) is 18.0. The van der Waals surface area contributed by atoms with Gasteiger partial charge in [-0.3, -0.25) is 20.2 Å². The highest BCUT2D eigenvalue weighted by molar-refractivity contribution is 14.1. The van der Waals surface area contributed by atoms with Crippen LogP contribution in [-0.2, 0) is 0 Å². The zero-order valence-electron chi connectivity index (χ0n) is 13.4. The van der Waals surface area contributed by atoms with Crippen molar-refractivity contribution in [2.45, 2.75) is 0 Å². The molecule has 1 saturated heterocycles. The number of benzene rings is 1. The molecule has 0 atom stereocenters. The number of nitrogens with one attached hydrogen (secondary N) is 1. The third-order valence-electron chi connectivity index (χ3n) is 4.02. The van der Waals surface area contributed by atoms with Crippen molar-refractivity contribution < 1.29 is 9.72 Å². The molecule has 0 radical (unpaired) electrons. The summed E-state index contributed by atoms with van der Waals surface area (Å²) in [6.45, 7) is 3.28. The van der Waals surface area contributed by atoms with E-state index in [1.807, 2.05) is 18.0 Å². The quantitative estimate of drug-likeness (QED) is 0.241. The number of thiazole rings is 1. The third kappa shape index (κ3) is 4.25. The average Bonchev–Trinajstić information content (AvgIpc) is 3.03. The minimum absolute atomic E-state index is 0.0783. The van der Waals surface area contributed by atoms with Crippen molar-refractivity contribution >= 4 is 54.3 Å². The first-order valence-electron chi connectivity index (χ1n) is 7.58. The van der Waals surface area contributed by atoms with Gasteiger partial charge in [-0.15, -0.1) is 11.3 Å². The van der Waals surface area contributed by atoms with Crippen LogP contribution >= 0.6 is 33.9 Å². The van der Waals surface area contributed by atoms with Crippen molar-refractivity contribution in [3.8, 4) is 11.3 Å². The number of hydrogen-bond acceptors (Lipinski definition) is 7. The number of halogens is 1. The number of rotatable bonds is 4. The summed E-state index contributed by atoms with van der Waals surface area (Å²) in [5.74, 6) is 0. The fraction of sp³-hybridized carbons (Fsp3) is 0.333. The molecule has 1 aliphatic heterocycles. The molecule has 1 N–H and O–H groups in total. The largest absolute Gasteiger partial charge is 0.363 e. The highest BCUT2D eigenvalue weighted by atomic mass is 127. The molecule has 2 aromatic rings. The van der Waals surface area contributed by atoms with Crippen molar-refractivity contribution in [3.05, 3.63) is 33.7 Å². The maximum atomic E-state index is 11.6. The van der Waals surface area contributed by atoms with Gasteiger partial charge in [0.15, 0.2) is 5.13 Å². The molecule has 1 fully saturated rings. The molecule has 0 unspecified atom stereocenters. The second kappa shape index (κ2) is 7.62. The number of likely N-dealkylation sites (N-methyl/N-ethyl adjacent to an activating group) is 1. The van der Waals surface area contributed by atoms with Crippen LogP contribution in [0, 0.1) is 10.1 Å². The maximum absolute atomic E-state index is 11.6. The van der Waals surface area contributed by atoms with Crippen LogP contribution in [0.5, 0.6) is 0 Å². The Hall–Kier alpha value is -1.79. The molecule has 1 aromatic carbocycles. The van der Waals surface area contributed by atoms with E-state index in [4.69, 9.17) is 0 Å². The van der Waals surface area contributed by atoms with Crippen LogP contribution in [0.1, 0.15) is 0 Å². The van der Waals surface area contributed by atoms with Gasteiger partial charge in [-0.25, -0.2) is 4.98 Å².